The number of halogens is 1. The number of likely N-dealkylation sites (N-methyl/N-ethyl adjacent to an activating group) is 1. The first kappa shape index (κ1) is 14.9. The number of nitrogens with one attached hydrogen (secondary N) is 1. The van der Waals surface area contributed by atoms with Crippen molar-refractivity contribution in [3.8, 4) is 0 Å². The first-order valence-electron chi connectivity index (χ1n) is 5.11. The molecule has 1 aromatic rings. The van der Waals surface area contributed by atoms with Gasteiger partial charge in [0.2, 0.25) is 0 Å². The quantitative estimate of drug-likeness (QED) is 0.826. The summed E-state index contributed by atoms with van der Waals surface area (Å²) in [4.78, 5) is 13.5. The Balaban J connectivity index is 0.00000225. The van der Waals surface area contributed by atoms with Crippen molar-refractivity contribution in [2.75, 3.05) is 13.6 Å². The molecule has 0 saturated carbocycles. The Morgan fingerprint density at radius 2 is 2.31 bits per heavy atom. The summed E-state index contributed by atoms with van der Waals surface area (Å²) in [6, 6.07) is 1.81. The third-order valence-electron chi connectivity index (χ3n) is 2.55. The van der Waals surface area contributed by atoms with Gasteiger partial charge >= 0.3 is 0 Å². The highest BCUT2D eigenvalue weighted by molar-refractivity contribution is 5.92. The van der Waals surface area contributed by atoms with Gasteiger partial charge in [0.05, 0.1) is 0 Å². The molecule has 0 aliphatic heterocycles. The molecule has 0 radical (unpaired) electrons. The fourth-order valence-corrected chi connectivity index (χ4v) is 1.19. The number of carbonyl (C=O) groups excluding carboxylic acids is 1. The van der Waals surface area contributed by atoms with Crippen LogP contribution in [0, 0.1) is 0 Å². The summed E-state index contributed by atoms with van der Waals surface area (Å²) >= 11 is 0. The zero-order valence-corrected chi connectivity index (χ0v) is 10.7. The van der Waals surface area contributed by atoms with Gasteiger partial charge in [-0.05, 0) is 19.4 Å². The van der Waals surface area contributed by atoms with Crippen LogP contribution in [-0.2, 0) is 6.42 Å². The molecular weight excluding hydrogens is 228 g/mol. The molecule has 6 heteroatoms. The van der Waals surface area contributed by atoms with E-state index in [4.69, 9.17) is 5.73 Å². The fraction of sp³-hybridized carbons (Fsp3) is 0.600. The lowest BCUT2D eigenvalue weighted by molar-refractivity contribution is 0.0742. The molecule has 0 aliphatic rings. The van der Waals surface area contributed by atoms with Crippen molar-refractivity contribution in [3.63, 3.8) is 0 Å². The number of nitrogens with two attached hydrogens (primary N) is 1. The molecule has 0 spiro atoms. The number of hydrogen-bond acceptors (Lipinski definition) is 3. The SMILES string of the molecule is CCc1cc(C(=O)N(C)C(C)CN)n[nH]1.Cl. The standard InChI is InChI=1S/C10H18N4O.ClH/c1-4-8-5-9(13-12-8)10(15)14(3)7(2)6-11;/h5,7H,4,6,11H2,1-3H3,(H,12,13);1H. The fourth-order valence-electron chi connectivity index (χ4n) is 1.19. The van der Waals surface area contributed by atoms with Gasteiger partial charge in [0.1, 0.15) is 5.69 Å². The summed E-state index contributed by atoms with van der Waals surface area (Å²) in [7, 11) is 1.74. The Labute approximate surface area is 102 Å². The number of aromatic amines is 1. The van der Waals surface area contributed by atoms with Crippen LogP contribution < -0.4 is 5.73 Å². The van der Waals surface area contributed by atoms with Gasteiger partial charge in [-0.25, -0.2) is 0 Å². The van der Waals surface area contributed by atoms with Crippen LogP contribution in [0.2, 0.25) is 0 Å². The van der Waals surface area contributed by atoms with Gasteiger partial charge in [0.15, 0.2) is 0 Å². The minimum absolute atomic E-state index is 0. The van der Waals surface area contributed by atoms with E-state index >= 15 is 0 Å². The van der Waals surface area contributed by atoms with Crippen molar-refractivity contribution in [1.29, 1.82) is 0 Å². The Bertz CT molecular complexity index is 339. The van der Waals surface area contributed by atoms with Crippen LogP contribution in [-0.4, -0.2) is 40.6 Å². The molecule has 0 aliphatic carbocycles. The molecule has 1 amide bonds. The van der Waals surface area contributed by atoms with Crippen LogP contribution in [0.5, 0.6) is 0 Å². The molecule has 1 atom stereocenters. The monoisotopic (exact) mass is 246 g/mol. The lowest BCUT2D eigenvalue weighted by Gasteiger charge is -2.22. The molecule has 1 unspecified atom stereocenters. The predicted octanol–water partition coefficient (Wildman–Crippen LogP) is 0.813. The van der Waals surface area contributed by atoms with Crippen LogP contribution in [0.1, 0.15) is 30.0 Å². The molecule has 1 heterocycles. The molecule has 0 saturated heterocycles. The highest BCUT2D eigenvalue weighted by Gasteiger charge is 2.18. The Hall–Kier alpha value is -1.07. The van der Waals surface area contributed by atoms with Crippen molar-refractivity contribution in [2.24, 2.45) is 5.73 Å². The van der Waals surface area contributed by atoms with Gasteiger partial charge < -0.3 is 10.6 Å². The van der Waals surface area contributed by atoms with E-state index in [0.717, 1.165) is 12.1 Å². The predicted molar refractivity (Wildman–Crippen MR) is 65.8 cm³/mol. The first-order valence-corrected chi connectivity index (χ1v) is 5.11. The maximum atomic E-state index is 11.9. The number of H-pyrrole nitrogens is 1. The van der Waals surface area contributed by atoms with Gasteiger partial charge in [-0.2, -0.15) is 5.10 Å². The van der Waals surface area contributed by atoms with E-state index in [1.165, 1.54) is 0 Å². The average molecular weight is 247 g/mol. The minimum atomic E-state index is -0.0936. The van der Waals surface area contributed by atoms with Crippen molar-refractivity contribution < 1.29 is 4.79 Å². The molecule has 3 N–H and O–H groups in total. The topological polar surface area (TPSA) is 75.0 Å². The van der Waals surface area contributed by atoms with Crippen LogP contribution in [0.15, 0.2) is 6.07 Å². The minimum Gasteiger partial charge on any atom is -0.336 e. The van der Waals surface area contributed by atoms with Gasteiger partial charge in [0.25, 0.3) is 5.91 Å². The summed E-state index contributed by atoms with van der Waals surface area (Å²) < 4.78 is 0. The second kappa shape index (κ2) is 6.50. The molecule has 1 rings (SSSR count). The van der Waals surface area contributed by atoms with Crippen LogP contribution >= 0.6 is 12.4 Å². The molecule has 0 bridgehead atoms. The smallest absolute Gasteiger partial charge is 0.274 e. The van der Waals surface area contributed by atoms with Gasteiger partial charge in [-0.15, -0.1) is 12.4 Å². The van der Waals surface area contributed by atoms with Crippen LogP contribution in [0.4, 0.5) is 0 Å². The molecule has 16 heavy (non-hydrogen) atoms. The number of carbonyl (C=O) groups is 1. The van der Waals surface area contributed by atoms with Gasteiger partial charge in [-0.1, -0.05) is 6.92 Å². The van der Waals surface area contributed by atoms with Crippen molar-refractivity contribution in [2.45, 2.75) is 26.3 Å². The number of aryl methyl sites for hydroxylation is 1. The number of rotatable bonds is 4. The molecule has 0 fully saturated rings. The molecular formula is C10H19ClN4O. The summed E-state index contributed by atoms with van der Waals surface area (Å²) in [6.07, 6.45) is 0.844. The second-order valence-corrected chi connectivity index (χ2v) is 3.63. The zero-order valence-electron chi connectivity index (χ0n) is 9.86. The third-order valence-corrected chi connectivity index (χ3v) is 2.55. The average Bonchev–Trinajstić information content (AvgIpc) is 2.74. The summed E-state index contributed by atoms with van der Waals surface area (Å²) in [6.45, 7) is 4.37. The molecule has 1 aromatic heterocycles. The van der Waals surface area contributed by atoms with E-state index in [9.17, 15) is 4.79 Å². The lowest BCUT2D eigenvalue weighted by atomic mass is 10.2. The Morgan fingerprint density at radius 3 is 2.75 bits per heavy atom. The Morgan fingerprint density at radius 1 is 1.69 bits per heavy atom. The number of hydrogen-bond donors (Lipinski definition) is 2. The summed E-state index contributed by atoms with van der Waals surface area (Å²) in [5, 5.41) is 6.79. The van der Waals surface area contributed by atoms with E-state index < -0.39 is 0 Å². The van der Waals surface area contributed by atoms with E-state index in [-0.39, 0.29) is 24.4 Å². The number of aromatic nitrogens is 2. The van der Waals surface area contributed by atoms with E-state index in [1.807, 2.05) is 13.8 Å². The maximum absolute atomic E-state index is 11.9. The highest BCUT2D eigenvalue weighted by atomic mass is 35.5. The lowest BCUT2D eigenvalue weighted by Crippen LogP contribution is -2.39. The molecule has 0 aromatic carbocycles. The maximum Gasteiger partial charge on any atom is 0.274 e. The van der Waals surface area contributed by atoms with Crippen LogP contribution in [0.25, 0.3) is 0 Å². The van der Waals surface area contributed by atoms with Gasteiger partial charge in [-0.3, -0.25) is 9.89 Å². The van der Waals surface area contributed by atoms with E-state index in [2.05, 4.69) is 10.2 Å². The molecule has 5 nitrogen and oxygen atoms in total. The third kappa shape index (κ3) is 3.21. The Kier molecular flexibility index (Phi) is 6.06. The zero-order chi connectivity index (χ0) is 11.4. The molecule has 92 valence electrons. The van der Waals surface area contributed by atoms with Gasteiger partial charge in [0, 0.05) is 25.3 Å². The van der Waals surface area contributed by atoms with Crippen molar-refractivity contribution >= 4 is 18.3 Å². The number of amides is 1. The van der Waals surface area contributed by atoms with Crippen LogP contribution in [0.3, 0.4) is 0 Å². The summed E-state index contributed by atoms with van der Waals surface area (Å²) in [5.74, 6) is -0.0936. The van der Waals surface area contributed by atoms with Crippen molar-refractivity contribution in [3.05, 3.63) is 17.5 Å². The van der Waals surface area contributed by atoms with Crippen molar-refractivity contribution in [1.82, 2.24) is 15.1 Å². The first-order chi connectivity index (χ1) is 7.10. The number of nitrogens with zero attached hydrogens (tertiary/aromatic N) is 2. The summed E-state index contributed by atoms with van der Waals surface area (Å²) in [5.41, 5.74) is 6.92. The largest absolute Gasteiger partial charge is 0.336 e. The van der Waals surface area contributed by atoms with E-state index in [1.54, 1.807) is 18.0 Å². The van der Waals surface area contributed by atoms with E-state index in [0.29, 0.717) is 12.2 Å². The highest BCUT2D eigenvalue weighted by Crippen LogP contribution is 2.05. The second-order valence-electron chi connectivity index (χ2n) is 3.63. The normalized spacial score (nSPS) is 11.8.